The molecule has 3 aromatic rings. The molecule has 10 heteroatoms. The molecule has 1 N–H and O–H groups in total. The molecule has 0 bridgehead atoms. The smallest absolute Gasteiger partial charge is 0.435 e. The molecule has 0 spiro atoms. The minimum absolute atomic E-state index is 0.0129. The molecule has 2 heterocycles. The highest BCUT2D eigenvalue weighted by Gasteiger charge is 2.39. The number of alkyl halides is 3. The van der Waals surface area contributed by atoms with Crippen molar-refractivity contribution in [1.82, 2.24) is 19.6 Å². The summed E-state index contributed by atoms with van der Waals surface area (Å²) in [4.78, 5) is 12.7. The third kappa shape index (κ3) is 4.79. The number of carbonyl (C=O) groups is 1. The van der Waals surface area contributed by atoms with Crippen molar-refractivity contribution in [2.45, 2.75) is 58.5 Å². The Bertz CT molecular complexity index is 1130. The van der Waals surface area contributed by atoms with Crippen molar-refractivity contribution in [1.29, 1.82) is 0 Å². The molecule has 0 radical (unpaired) electrons. The topological polar surface area (TPSA) is 74.0 Å². The van der Waals surface area contributed by atoms with E-state index >= 15 is 0 Å². The van der Waals surface area contributed by atoms with E-state index in [2.05, 4.69) is 15.5 Å². The van der Waals surface area contributed by atoms with E-state index in [1.54, 1.807) is 6.20 Å². The average Bonchev–Trinajstić information content (AvgIpc) is 3.29. The number of hydrogen-bond donors (Lipinski definition) is 1. The van der Waals surface area contributed by atoms with Gasteiger partial charge in [-0.25, -0.2) is 4.68 Å². The van der Waals surface area contributed by atoms with Crippen molar-refractivity contribution < 1.29 is 22.7 Å². The number of halogens is 3. The van der Waals surface area contributed by atoms with Gasteiger partial charge in [-0.15, -0.1) is 0 Å². The zero-order valence-corrected chi connectivity index (χ0v) is 18.0. The number of hydrogen-bond acceptors (Lipinski definition) is 4. The molecule has 1 amide bonds. The molecule has 1 atom stereocenters. The van der Waals surface area contributed by atoms with E-state index < -0.39 is 23.8 Å². The number of rotatable bonds is 7. The fourth-order valence-corrected chi connectivity index (χ4v) is 3.50. The third-order valence-electron chi connectivity index (χ3n) is 5.38. The summed E-state index contributed by atoms with van der Waals surface area (Å²) in [5, 5.41) is 10.5. The van der Waals surface area contributed by atoms with Crippen LogP contribution in [0.5, 0.6) is 5.75 Å². The Morgan fingerprint density at radius 1 is 1.28 bits per heavy atom. The van der Waals surface area contributed by atoms with Gasteiger partial charge in [0.25, 0.3) is 0 Å². The number of anilines is 1. The van der Waals surface area contributed by atoms with Crippen molar-refractivity contribution in [2.24, 2.45) is 0 Å². The molecular weight excluding hydrogens is 423 g/mol. The maximum atomic E-state index is 13.1. The number of nitrogens with zero attached hydrogens (tertiary/aromatic N) is 4. The van der Waals surface area contributed by atoms with Crippen LogP contribution in [0.15, 0.2) is 36.7 Å². The number of carbonyl (C=O) groups excluding carboxylic acids is 1. The van der Waals surface area contributed by atoms with Crippen LogP contribution in [0.3, 0.4) is 0 Å². The minimum Gasteiger partial charge on any atom is -0.471 e. The second-order valence-electron chi connectivity index (χ2n) is 8.15. The van der Waals surface area contributed by atoms with Crippen LogP contribution in [-0.2, 0) is 17.7 Å². The first-order chi connectivity index (χ1) is 15.1. The Labute approximate surface area is 183 Å². The number of nitrogens with one attached hydrogen (secondary N) is 1. The van der Waals surface area contributed by atoms with Crippen LogP contribution in [0.2, 0.25) is 0 Å². The van der Waals surface area contributed by atoms with Crippen molar-refractivity contribution >= 4 is 11.6 Å². The van der Waals surface area contributed by atoms with Crippen molar-refractivity contribution in [3.8, 4) is 5.75 Å². The van der Waals surface area contributed by atoms with Gasteiger partial charge in [0.1, 0.15) is 11.8 Å². The highest BCUT2D eigenvalue weighted by molar-refractivity contribution is 5.93. The van der Waals surface area contributed by atoms with E-state index in [4.69, 9.17) is 4.74 Å². The molecule has 1 aliphatic carbocycles. The normalized spacial score (nSPS) is 14.9. The maximum absolute atomic E-state index is 13.1. The third-order valence-corrected chi connectivity index (χ3v) is 5.38. The monoisotopic (exact) mass is 447 g/mol. The molecule has 4 rings (SSSR count). The van der Waals surface area contributed by atoms with Crippen LogP contribution in [0.25, 0.3) is 0 Å². The van der Waals surface area contributed by atoms with Gasteiger partial charge < -0.3 is 10.1 Å². The molecule has 0 aliphatic heterocycles. The van der Waals surface area contributed by atoms with Gasteiger partial charge in [0.15, 0.2) is 12.4 Å². The first-order valence-electron chi connectivity index (χ1n) is 10.3. The summed E-state index contributed by atoms with van der Waals surface area (Å²) in [7, 11) is 0. The second kappa shape index (κ2) is 8.33. The highest BCUT2D eigenvalue weighted by atomic mass is 19.4. The molecule has 1 fully saturated rings. The van der Waals surface area contributed by atoms with Gasteiger partial charge in [-0.3, -0.25) is 9.48 Å². The van der Waals surface area contributed by atoms with E-state index in [0.717, 1.165) is 35.8 Å². The van der Waals surface area contributed by atoms with E-state index in [9.17, 15) is 18.0 Å². The van der Waals surface area contributed by atoms with Gasteiger partial charge in [-0.1, -0.05) is 17.7 Å². The Balaban J connectivity index is 1.41. The molecule has 2 aromatic heterocycles. The number of aryl methyl sites for hydroxylation is 2. The zero-order chi connectivity index (χ0) is 23.0. The van der Waals surface area contributed by atoms with Crippen LogP contribution >= 0.6 is 0 Å². The Hall–Kier alpha value is -3.30. The average molecular weight is 447 g/mol. The Morgan fingerprint density at radius 3 is 2.69 bits per heavy atom. The first kappa shape index (κ1) is 21.9. The molecule has 170 valence electrons. The summed E-state index contributed by atoms with van der Waals surface area (Å²) in [6, 6.07) is 5.99. The fourth-order valence-electron chi connectivity index (χ4n) is 3.50. The minimum atomic E-state index is -4.55. The molecule has 1 aliphatic rings. The molecule has 32 heavy (non-hydrogen) atoms. The lowest BCUT2D eigenvalue weighted by molar-refractivity contribution is -0.141. The summed E-state index contributed by atoms with van der Waals surface area (Å²) in [5.41, 5.74) is 2.02. The Morgan fingerprint density at radius 2 is 2.03 bits per heavy atom. The van der Waals surface area contributed by atoms with E-state index in [1.165, 1.54) is 22.5 Å². The van der Waals surface area contributed by atoms with Crippen molar-refractivity contribution in [3.63, 3.8) is 0 Å². The van der Waals surface area contributed by atoms with Crippen LogP contribution in [-0.4, -0.2) is 25.5 Å². The van der Waals surface area contributed by atoms with Crippen LogP contribution in [0, 0.1) is 13.8 Å². The van der Waals surface area contributed by atoms with Gasteiger partial charge >= 0.3 is 6.18 Å². The van der Waals surface area contributed by atoms with Gasteiger partial charge in [0, 0.05) is 11.6 Å². The fraction of sp³-hybridized carbons (Fsp3) is 0.409. The lowest BCUT2D eigenvalue weighted by Crippen LogP contribution is -2.26. The number of ether oxygens (including phenoxy) is 1. The lowest BCUT2D eigenvalue weighted by atomic mass is 10.1. The van der Waals surface area contributed by atoms with Gasteiger partial charge in [-0.2, -0.15) is 23.4 Å². The largest absolute Gasteiger partial charge is 0.471 e. The molecule has 1 aromatic carbocycles. The van der Waals surface area contributed by atoms with Crippen molar-refractivity contribution in [2.75, 3.05) is 5.32 Å². The molecule has 0 saturated heterocycles. The predicted molar refractivity (Wildman–Crippen MR) is 111 cm³/mol. The van der Waals surface area contributed by atoms with Gasteiger partial charge in [0.2, 0.25) is 5.91 Å². The van der Waals surface area contributed by atoms with Crippen LogP contribution in [0.1, 0.15) is 54.2 Å². The molecule has 1 unspecified atom stereocenters. The summed E-state index contributed by atoms with van der Waals surface area (Å²) in [6.07, 6.45) is 0.0966. The van der Waals surface area contributed by atoms with E-state index in [0.29, 0.717) is 11.4 Å². The number of aromatic nitrogens is 4. The summed E-state index contributed by atoms with van der Waals surface area (Å²) in [6.45, 7) is 5.63. The number of benzene rings is 1. The SMILES string of the molecule is Cc1ccc(OCn2cc(NC(=O)C(C)n3nc(C(F)(F)F)cc3C3CC3)cn2)c(C)c1. The standard InChI is InChI=1S/C22H24F3N5O2/c1-13-4-7-19(14(2)8-13)32-12-29-11-17(10-26-29)27-21(31)15(3)30-18(16-5-6-16)9-20(28-30)22(23,24)25/h4,7-11,15-16H,5-6,12H2,1-3H3,(H,27,31). The lowest BCUT2D eigenvalue weighted by Gasteiger charge is -2.15. The van der Waals surface area contributed by atoms with E-state index in [1.807, 2.05) is 32.0 Å². The van der Waals surface area contributed by atoms with Crippen molar-refractivity contribution in [3.05, 3.63) is 59.2 Å². The van der Waals surface area contributed by atoms with E-state index in [-0.39, 0.29) is 12.6 Å². The predicted octanol–water partition coefficient (Wildman–Crippen LogP) is 4.83. The highest BCUT2D eigenvalue weighted by Crippen LogP contribution is 2.43. The Kier molecular flexibility index (Phi) is 5.70. The summed E-state index contributed by atoms with van der Waals surface area (Å²) >= 11 is 0. The quantitative estimate of drug-likeness (QED) is 0.563. The van der Waals surface area contributed by atoms with Crippen LogP contribution in [0.4, 0.5) is 18.9 Å². The summed E-state index contributed by atoms with van der Waals surface area (Å²) < 4.78 is 47.8. The summed E-state index contributed by atoms with van der Waals surface area (Å²) in [5.74, 6) is 0.273. The second-order valence-corrected chi connectivity index (χ2v) is 8.15. The number of amides is 1. The van der Waals surface area contributed by atoms with Gasteiger partial charge in [0.05, 0.1) is 18.1 Å². The maximum Gasteiger partial charge on any atom is 0.435 e. The van der Waals surface area contributed by atoms with Gasteiger partial charge in [-0.05, 0) is 51.3 Å². The molecular formula is C22H24F3N5O2. The molecule has 7 nitrogen and oxygen atoms in total. The zero-order valence-electron chi connectivity index (χ0n) is 18.0. The van der Waals surface area contributed by atoms with Crippen LogP contribution < -0.4 is 10.1 Å². The molecule has 1 saturated carbocycles. The first-order valence-corrected chi connectivity index (χ1v) is 10.3.